The summed E-state index contributed by atoms with van der Waals surface area (Å²) in [4.78, 5) is 0. The zero-order valence-electron chi connectivity index (χ0n) is 4.35. The van der Waals surface area contributed by atoms with E-state index in [2.05, 4.69) is 47.8 Å². The molecular weight excluding hydrogens is 382 g/mol. The van der Waals surface area contributed by atoms with E-state index in [9.17, 15) is 0 Å². The Labute approximate surface area is 95.0 Å². The summed E-state index contributed by atoms with van der Waals surface area (Å²) in [5, 5.41) is 0. The van der Waals surface area contributed by atoms with E-state index in [4.69, 9.17) is 34.8 Å². The van der Waals surface area contributed by atoms with Crippen molar-refractivity contribution in [3.05, 3.63) is 0 Å². The molecule has 0 spiro atoms. The Morgan fingerprint density at radius 3 is 1.11 bits per heavy atom. The molecule has 0 saturated carbocycles. The van der Waals surface area contributed by atoms with Gasteiger partial charge in [0.25, 0.3) is 0 Å². The molecule has 0 atom stereocenters. The second-order valence-electron chi connectivity index (χ2n) is 1.03. The fourth-order valence-corrected chi connectivity index (χ4v) is 0. The molecule has 0 aliphatic heterocycles. The molecule has 6 heteroatoms. The van der Waals surface area contributed by atoms with E-state index in [1.807, 2.05) is 0 Å². The smallest absolute Gasteiger partial charge is 0.0840 e. The molecule has 0 radical (unpaired) electrons. The van der Waals surface area contributed by atoms with Gasteiger partial charge in [0.05, 0.1) is 0 Å². The van der Waals surface area contributed by atoms with Crippen molar-refractivity contribution in [1.82, 2.24) is 0 Å². The summed E-state index contributed by atoms with van der Waals surface area (Å²) in [7, 11) is 0. The summed E-state index contributed by atoms with van der Waals surface area (Å²) in [6.07, 6.45) is 0. The van der Waals surface area contributed by atoms with Crippen LogP contribution in [0.4, 0.5) is 0 Å². The van der Waals surface area contributed by atoms with Crippen LogP contribution in [0.15, 0.2) is 0 Å². The first-order valence-corrected chi connectivity index (χ1v) is 5.60. The van der Waals surface area contributed by atoms with Gasteiger partial charge in [-0.2, -0.15) is 0 Å². The molecule has 0 aromatic rings. The van der Waals surface area contributed by atoms with Crippen molar-refractivity contribution in [3.63, 3.8) is 0 Å². The molecule has 0 aromatic carbocycles. The summed E-state index contributed by atoms with van der Waals surface area (Å²) in [6.45, 7) is 1.48. The average molecular weight is 386 g/mol. The fraction of sp³-hybridized carbons (Fsp3) is 1.00. The summed E-state index contributed by atoms with van der Waals surface area (Å²) < 4.78 is -0.812. The van der Waals surface area contributed by atoms with Crippen molar-refractivity contribution in [2.24, 2.45) is 0 Å². The molecule has 0 aliphatic rings. The maximum absolute atomic E-state index is 5.06. The highest BCUT2D eigenvalue weighted by molar-refractivity contribution is 9.38. The second-order valence-corrected chi connectivity index (χ2v) is 10.3. The van der Waals surface area contributed by atoms with Crippen molar-refractivity contribution in [2.45, 2.75) is 13.4 Å². The van der Waals surface area contributed by atoms with Gasteiger partial charge in [-0.1, -0.05) is 82.6 Å². The molecule has 9 heavy (non-hydrogen) atoms. The molecular formula is C3H4Br3Cl3. The van der Waals surface area contributed by atoms with Crippen LogP contribution in [0.2, 0.25) is 0 Å². The van der Waals surface area contributed by atoms with Gasteiger partial charge in [0, 0.05) is 0 Å². The lowest BCUT2D eigenvalue weighted by atomic mass is 10.9. The minimum atomic E-state index is -1.08. The number of alkyl halides is 6. The lowest BCUT2D eigenvalue weighted by molar-refractivity contribution is 1.27. The van der Waals surface area contributed by atoms with Gasteiger partial charge in [-0.05, 0) is 6.92 Å². The first kappa shape index (κ1) is 13.9. The van der Waals surface area contributed by atoms with Crippen molar-refractivity contribution in [1.29, 1.82) is 0 Å². The van der Waals surface area contributed by atoms with E-state index in [1.165, 1.54) is 6.92 Å². The number of halogens is 6. The zero-order chi connectivity index (χ0) is 8.08. The Balaban J connectivity index is 0. The lowest BCUT2D eigenvalue weighted by Crippen LogP contribution is -1.87. The molecule has 0 amide bonds. The highest BCUT2D eigenvalue weighted by atomic mass is 80.0. The summed E-state index contributed by atoms with van der Waals surface area (Å²) in [5.41, 5.74) is 0. The van der Waals surface area contributed by atoms with Gasteiger partial charge in [0.2, 0.25) is 0 Å². The largest absolute Gasteiger partial charge is 0.187 e. The third-order valence-corrected chi connectivity index (χ3v) is 0. The first-order valence-electron chi connectivity index (χ1n) is 1.72. The quantitative estimate of drug-likeness (QED) is 0.524. The molecule has 0 unspecified atom stereocenters. The maximum atomic E-state index is 5.06. The van der Waals surface area contributed by atoms with Gasteiger partial charge in [-0.25, -0.2) is 0 Å². The van der Waals surface area contributed by atoms with Gasteiger partial charge in [-0.3, -0.25) is 0 Å². The summed E-state index contributed by atoms with van der Waals surface area (Å²) in [5.74, 6) is 0. The summed E-state index contributed by atoms with van der Waals surface area (Å²) >= 11 is 24.5. The van der Waals surface area contributed by atoms with Crippen LogP contribution < -0.4 is 0 Å². The Bertz CT molecular complexity index is 51.1. The molecule has 0 N–H and O–H groups in total. The Kier molecular flexibility index (Phi) is 10.8. The van der Waals surface area contributed by atoms with Crippen molar-refractivity contribution < 1.29 is 0 Å². The van der Waals surface area contributed by atoms with Crippen LogP contribution in [-0.4, -0.2) is 6.44 Å². The van der Waals surface area contributed by atoms with E-state index in [-0.39, 0.29) is 2.65 Å². The predicted octanol–water partition coefficient (Wildman–Crippen LogP) is 4.83. The van der Waals surface area contributed by atoms with E-state index >= 15 is 0 Å². The normalized spacial score (nSPS) is 10.7. The minimum Gasteiger partial charge on any atom is -0.0840 e. The topological polar surface area (TPSA) is 0 Å². The number of hydrogen-bond acceptors (Lipinski definition) is 0. The second kappa shape index (κ2) is 6.99. The van der Waals surface area contributed by atoms with Crippen LogP contribution in [0.5, 0.6) is 0 Å². The fourth-order valence-electron chi connectivity index (χ4n) is 0. The van der Waals surface area contributed by atoms with Crippen molar-refractivity contribution in [3.8, 4) is 0 Å². The highest BCUT2D eigenvalue weighted by Gasteiger charge is 2.07. The van der Waals surface area contributed by atoms with Gasteiger partial charge < -0.3 is 0 Å². The van der Waals surface area contributed by atoms with Crippen LogP contribution in [0.25, 0.3) is 0 Å². The average Bonchev–Trinajstić information content (AvgIpc) is 1.19. The van der Waals surface area contributed by atoms with E-state index in [1.54, 1.807) is 0 Å². The van der Waals surface area contributed by atoms with Crippen LogP contribution in [0.1, 0.15) is 6.92 Å². The Hall–Kier alpha value is 2.31. The SMILES string of the molecule is BrC(Br)Br.CC(Cl)(Cl)Cl. The maximum Gasteiger partial charge on any atom is 0.187 e. The van der Waals surface area contributed by atoms with Crippen LogP contribution in [-0.2, 0) is 0 Å². The minimum absolute atomic E-state index is 0.271. The zero-order valence-corrected chi connectivity index (χ0v) is 11.4. The monoisotopic (exact) mass is 382 g/mol. The Morgan fingerprint density at radius 2 is 1.11 bits per heavy atom. The van der Waals surface area contributed by atoms with E-state index in [0.717, 1.165) is 0 Å². The molecule has 0 aromatic heterocycles. The number of rotatable bonds is 0. The van der Waals surface area contributed by atoms with Gasteiger partial charge >= 0.3 is 0 Å². The molecule has 0 fully saturated rings. The predicted molar refractivity (Wildman–Crippen MR) is 56.5 cm³/mol. The first-order chi connectivity index (χ1) is 3.73. The van der Waals surface area contributed by atoms with Crippen LogP contribution in [0.3, 0.4) is 0 Å². The standard InChI is InChI=1S/C2H3Cl3.CHBr3/c1-2(3,4)5;2-1(3)4/h1H3;1H. The summed E-state index contributed by atoms with van der Waals surface area (Å²) in [6, 6.07) is 0. The molecule has 0 bridgehead atoms. The Morgan fingerprint density at radius 1 is 1.11 bits per heavy atom. The highest BCUT2D eigenvalue weighted by Crippen LogP contribution is 2.23. The molecule has 0 saturated heterocycles. The lowest BCUT2D eigenvalue weighted by Gasteiger charge is -1.94. The van der Waals surface area contributed by atoms with Crippen molar-refractivity contribution in [2.75, 3.05) is 0 Å². The van der Waals surface area contributed by atoms with Gasteiger partial charge in [-0.15, -0.1) is 0 Å². The molecule has 58 valence electrons. The van der Waals surface area contributed by atoms with E-state index < -0.39 is 3.79 Å². The van der Waals surface area contributed by atoms with Gasteiger partial charge in [0.15, 0.2) is 3.79 Å². The van der Waals surface area contributed by atoms with Crippen molar-refractivity contribution >= 4 is 82.6 Å². The molecule has 0 aliphatic carbocycles. The van der Waals surface area contributed by atoms with Gasteiger partial charge in [0.1, 0.15) is 2.65 Å². The molecule has 0 heterocycles. The molecule has 0 nitrogen and oxygen atoms in total. The number of hydrogen-bond donors (Lipinski definition) is 0. The third-order valence-electron chi connectivity index (χ3n) is 0. The molecule has 0 rings (SSSR count). The van der Waals surface area contributed by atoms with Crippen LogP contribution in [0, 0.1) is 0 Å². The van der Waals surface area contributed by atoms with Crippen LogP contribution >= 0.6 is 82.6 Å². The third kappa shape index (κ3) is 133. The van der Waals surface area contributed by atoms with E-state index in [0.29, 0.717) is 0 Å².